The van der Waals surface area contributed by atoms with Crippen molar-refractivity contribution >= 4 is 65.2 Å². The van der Waals surface area contributed by atoms with E-state index in [0.717, 1.165) is 60.1 Å². The molecule has 0 unspecified atom stereocenters. The molecule has 0 amide bonds. The zero-order chi connectivity index (χ0) is 29.4. The van der Waals surface area contributed by atoms with Crippen LogP contribution in [0.1, 0.15) is 11.1 Å². The minimum Gasteiger partial charge on any atom is -0.309 e. The molecule has 0 bridgehead atoms. The summed E-state index contributed by atoms with van der Waals surface area (Å²) in [6.45, 7) is 0. The molecule has 0 aliphatic carbocycles. The highest BCUT2D eigenvalue weighted by atomic mass is 15.0. The Balaban J connectivity index is 1.40. The summed E-state index contributed by atoms with van der Waals surface area (Å²) >= 11 is 0. The van der Waals surface area contributed by atoms with Gasteiger partial charge < -0.3 is 9.13 Å². The molecule has 0 fully saturated rings. The van der Waals surface area contributed by atoms with Crippen LogP contribution >= 0.6 is 0 Å². The van der Waals surface area contributed by atoms with Crippen LogP contribution in [0.4, 0.5) is 0 Å². The van der Waals surface area contributed by atoms with Gasteiger partial charge in [-0.25, -0.2) is 0 Å². The first kappa shape index (κ1) is 24.3. The molecule has 0 atom stereocenters. The van der Waals surface area contributed by atoms with Gasteiger partial charge in [0.25, 0.3) is 0 Å². The van der Waals surface area contributed by atoms with Gasteiger partial charge in [0.2, 0.25) is 0 Å². The van der Waals surface area contributed by atoms with Crippen LogP contribution in [-0.2, 0) is 0 Å². The number of nitriles is 2. The van der Waals surface area contributed by atoms with E-state index < -0.39 is 0 Å². The Morgan fingerprint density at radius 1 is 0.409 bits per heavy atom. The maximum Gasteiger partial charge on any atom is 0.101 e. The van der Waals surface area contributed by atoms with Crippen LogP contribution in [0.15, 0.2) is 133 Å². The predicted octanol–water partition coefficient (Wildman–Crippen LogP) is 9.93. The van der Waals surface area contributed by atoms with Crippen LogP contribution in [0.25, 0.3) is 76.5 Å². The van der Waals surface area contributed by atoms with E-state index in [-0.39, 0.29) is 0 Å². The smallest absolute Gasteiger partial charge is 0.101 e. The third-order valence-electron chi connectivity index (χ3n) is 8.94. The summed E-state index contributed by atoms with van der Waals surface area (Å²) < 4.78 is 4.28. The van der Waals surface area contributed by atoms with Crippen LogP contribution in [0, 0.1) is 22.7 Å². The molecule has 7 aromatic carbocycles. The molecule has 0 aliphatic rings. The van der Waals surface area contributed by atoms with E-state index in [2.05, 4.69) is 118 Å². The Bertz CT molecular complexity index is 2710. The highest BCUT2D eigenvalue weighted by Crippen LogP contribution is 2.41. The lowest BCUT2D eigenvalue weighted by Gasteiger charge is -2.16. The normalized spacial score (nSPS) is 11.6. The third-order valence-corrected chi connectivity index (χ3v) is 8.94. The molecule has 2 aromatic heterocycles. The highest BCUT2D eigenvalue weighted by Gasteiger charge is 2.22. The zero-order valence-corrected chi connectivity index (χ0v) is 23.5. The summed E-state index contributed by atoms with van der Waals surface area (Å²) in [4.78, 5) is 0. The predicted molar refractivity (Wildman–Crippen MR) is 180 cm³/mol. The third kappa shape index (κ3) is 3.20. The first-order valence-corrected chi connectivity index (χ1v) is 14.6. The van der Waals surface area contributed by atoms with E-state index in [0.29, 0.717) is 16.8 Å². The van der Waals surface area contributed by atoms with Gasteiger partial charge in [-0.2, -0.15) is 10.5 Å². The molecule has 2 heterocycles. The number of hydrogen-bond donors (Lipinski definition) is 0. The highest BCUT2D eigenvalue weighted by molar-refractivity contribution is 6.22. The summed E-state index contributed by atoms with van der Waals surface area (Å²) in [6.07, 6.45) is 0. The lowest BCUT2D eigenvalue weighted by Crippen LogP contribution is -2.04. The minimum atomic E-state index is 0.446. The van der Waals surface area contributed by atoms with Crippen molar-refractivity contribution in [2.45, 2.75) is 0 Å². The molecule has 0 aliphatic heterocycles. The van der Waals surface area contributed by atoms with Gasteiger partial charge in [0, 0.05) is 27.2 Å². The van der Waals surface area contributed by atoms with E-state index in [4.69, 9.17) is 0 Å². The van der Waals surface area contributed by atoms with Crippen LogP contribution in [0.2, 0.25) is 0 Å². The fraction of sp³-hybridized carbons (Fsp3) is 0. The monoisotopic (exact) mass is 558 g/mol. The molecule has 9 rings (SSSR count). The average molecular weight is 559 g/mol. The van der Waals surface area contributed by atoms with Crippen LogP contribution in [-0.4, -0.2) is 9.13 Å². The van der Waals surface area contributed by atoms with Crippen molar-refractivity contribution in [3.8, 4) is 23.5 Å². The van der Waals surface area contributed by atoms with Gasteiger partial charge in [0.05, 0.1) is 38.9 Å². The largest absolute Gasteiger partial charge is 0.309 e. The molecule has 4 nitrogen and oxygen atoms in total. The lowest BCUT2D eigenvalue weighted by molar-refractivity contribution is 1.12. The zero-order valence-electron chi connectivity index (χ0n) is 23.5. The van der Waals surface area contributed by atoms with Gasteiger partial charge >= 0.3 is 0 Å². The molecule has 202 valence electrons. The summed E-state index contributed by atoms with van der Waals surface area (Å²) in [5, 5.41) is 30.5. The Morgan fingerprint density at radius 2 is 0.841 bits per heavy atom. The maximum absolute atomic E-state index is 10.7. The second kappa shape index (κ2) is 9.07. The second-order valence-electron chi connectivity index (χ2n) is 11.2. The van der Waals surface area contributed by atoms with Crippen LogP contribution in [0.3, 0.4) is 0 Å². The number of hydrogen-bond acceptors (Lipinski definition) is 2. The van der Waals surface area contributed by atoms with Crippen LogP contribution < -0.4 is 0 Å². The molecule has 0 spiro atoms. The first-order chi connectivity index (χ1) is 21.8. The fourth-order valence-corrected chi connectivity index (χ4v) is 7.16. The van der Waals surface area contributed by atoms with Crippen molar-refractivity contribution < 1.29 is 0 Å². The van der Waals surface area contributed by atoms with Crippen molar-refractivity contribution in [2.24, 2.45) is 0 Å². The molecular weight excluding hydrogens is 536 g/mol. The number of aromatic nitrogens is 2. The van der Waals surface area contributed by atoms with Gasteiger partial charge in [-0.15, -0.1) is 0 Å². The molecule has 0 N–H and O–H groups in total. The standard InChI is InChI=1S/C40H22N4/c41-23-27-21-29(43-34-15-7-5-13-32(34)38-30-11-3-1-9-25(30)17-19-36(38)43)22-28(24-42)40(27)44-35-16-8-6-14-33(35)39-31-12-4-2-10-26(31)18-20-37(39)44/h1-22H. The fourth-order valence-electron chi connectivity index (χ4n) is 7.16. The van der Waals surface area contributed by atoms with Gasteiger partial charge in [0.1, 0.15) is 12.1 Å². The van der Waals surface area contributed by atoms with E-state index in [1.807, 2.05) is 36.4 Å². The maximum atomic E-state index is 10.7. The topological polar surface area (TPSA) is 57.4 Å². The number of fused-ring (bicyclic) bond motifs is 10. The van der Waals surface area contributed by atoms with E-state index >= 15 is 0 Å². The van der Waals surface area contributed by atoms with E-state index in [1.165, 1.54) is 10.8 Å². The number of benzene rings is 7. The summed E-state index contributed by atoms with van der Waals surface area (Å²) in [6, 6.07) is 50.6. The molecule has 0 radical (unpaired) electrons. The van der Waals surface area contributed by atoms with Crippen molar-refractivity contribution in [3.05, 3.63) is 145 Å². The Kier molecular flexibility index (Phi) is 5.00. The molecule has 9 aromatic rings. The van der Waals surface area contributed by atoms with Crippen molar-refractivity contribution in [1.82, 2.24) is 9.13 Å². The average Bonchev–Trinajstić information content (AvgIpc) is 3.61. The summed E-state index contributed by atoms with van der Waals surface area (Å²) in [7, 11) is 0. The Morgan fingerprint density at radius 3 is 1.36 bits per heavy atom. The summed E-state index contributed by atoms with van der Waals surface area (Å²) in [5.74, 6) is 0. The van der Waals surface area contributed by atoms with Crippen molar-refractivity contribution in [2.75, 3.05) is 0 Å². The molecule has 0 saturated heterocycles. The van der Waals surface area contributed by atoms with E-state index in [9.17, 15) is 10.5 Å². The van der Waals surface area contributed by atoms with Crippen LogP contribution in [0.5, 0.6) is 0 Å². The molecule has 44 heavy (non-hydrogen) atoms. The number of rotatable bonds is 2. The second-order valence-corrected chi connectivity index (χ2v) is 11.2. The molecular formula is C40H22N4. The Hall–Kier alpha value is -6.36. The van der Waals surface area contributed by atoms with Crippen molar-refractivity contribution in [1.29, 1.82) is 10.5 Å². The lowest BCUT2D eigenvalue weighted by atomic mass is 10.0. The minimum absolute atomic E-state index is 0.446. The Labute approximate surface area is 252 Å². The van der Waals surface area contributed by atoms with Gasteiger partial charge in [-0.05, 0) is 57.9 Å². The SMILES string of the molecule is N#Cc1cc(-n2c3ccccc3c3c4ccccc4ccc32)cc(C#N)c1-n1c2ccccc2c2c3ccccc3ccc21. The van der Waals surface area contributed by atoms with Gasteiger partial charge in [-0.1, -0.05) is 97.1 Å². The van der Waals surface area contributed by atoms with Gasteiger partial charge in [0.15, 0.2) is 0 Å². The van der Waals surface area contributed by atoms with Crippen molar-refractivity contribution in [3.63, 3.8) is 0 Å². The molecule has 4 heteroatoms. The number of nitrogens with zero attached hydrogens (tertiary/aromatic N) is 4. The number of para-hydroxylation sites is 2. The first-order valence-electron chi connectivity index (χ1n) is 14.6. The quantitative estimate of drug-likeness (QED) is 0.212. The van der Waals surface area contributed by atoms with Gasteiger partial charge in [-0.3, -0.25) is 0 Å². The molecule has 0 saturated carbocycles. The van der Waals surface area contributed by atoms with E-state index in [1.54, 1.807) is 0 Å². The summed E-state index contributed by atoms with van der Waals surface area (Å²) in [5.41, 5.74) is 6.28.